The summed E-state index contributed by atoms with van der Waals surface area (Å²) in [5, 5.41) is 3.87. The van der Waals surface area contributed by atoms with Crippen LogP contribution in [0.1, 0.15) is 31.1 Å². The normalized spacial score (nSPS) is 12.1. The zero-order chi connectivity index (χ0) is 15.3. The molecule has 0 radical (unpaired) electrons. The lowest BCUT2D eigenvalue weighted by molar-refractivity contribution is 0.576. The fourth-order valence-electron chi connectivity index (χ4n) is 2.30. The Balaban J connectivity index is 2.36. The molecule has 1 aromatic carbocycles. The summed E-state index contributed by atoms with van der Waals surface area (Å²) in [7, 11) is -1.63. The molecule has 0 fully saturated rings. The number of sulfonamides is 1. The van der Waals surface area contributed by atoms with Gasteiger partial charge in [0.2, 0.25) is 10.0 Å². The second-order valence-electron chi connectivity index (χ2n) is 4.99. The molecular formula is C15H22N2O2S2. The summed E-state index contributed by atoms with van der Waals surface area (Å²) < 4.78 is 29.0. The van der Waals surface area contributed by atoms with Crippen LogP contribution in [0.5, 0.6) is 0 Å². The van der Waals surface area contributed by atoms with Crippen molar-refractivity contribution in [2.45, 2.75) is 37.6 Å². The van der Waals surface area contributed by atoms with Gasteiger partial charge in [-0.05, 0) is 19.5 Å². The lowest BCUT2D eigenvalue weighted by atomic mass is 10.2. The number of hydrogen-bond acceptors (Lipinski definition) is 4. The minimum Gasteiger partial charge on any atom is -0.315 e. The number of unbranched alkanes of at least 4 members (excludes halogenated alkanes) is 2. The maximum absolute atomic E-state index is 12.6. The average Bonchev–Trinajstić information content (AvgIpc) is 2.83. The minimum absolute atomic E-state index is 0.439. The van der Waals surface area contributed by atoms with E-state index in [2.05, 4.69) is 17.0 Å². The molecule has 0 aliphatic carbocycles. The molecule has 0 unspecified atom stereocenters. The Hall–Kier alpha value is -0.950. The molecule has 0 saturated carbocycles. The Kier molecular flexibility index (Phi) is 5.75. The fraction of sp³-hybridized carbons (Fsp3) is 0.467. The SMILES string of the molecule is CCCCCNS(=O)(=O)c1c(CNC)sc2ccccc12. The first-order chi connectivity index (χ1) is 10.1. The van der Waals surface area contributed by atoms with E-state index in [1.807, 2.05) is 31.3 Å². The third-order valence-electron chi connectivity index (χ3n) is 3.30. The highest BCUT2D eigenvalue weighted by molar-refractivity contribution is 7.90. The van der Waals surface area contributed by atoms with E-state index in [0.717, 1.165) is 34.2 Å². The standard InChI is InChI=1S/C15H22N2O2S2/c1-3-4-7-10-17-21(18,19)15-12-8-5-6-9-13(12)20-14(15)11-16-2/h5-6,8-9,16-17H,3-4,7,10-11H2,1-2H3. The van der Waals surface area contributed by atoms with E-state index in [-0.39, 0.29) is 0 Å². The highest BCUT2D eigenvalue weighted by Gasteiger charge is 2.23. The van der Waals surface area contributed by atoms with Crippen molar-refractivity contribution in [3.8, 4) is 0 Å². The molecule has 0 amide bonds. The van der Waals surface area contributed by atoms with Gasteiger partial charge in [0.15, 0.2) is 0 Å². The molecule has 4 nitrogen and oxygen atoms in total. The van der Waals surface area contributed by atoms with Gasteiger partial charge in [0.1, 0.15) is 4.90 Å². The van der Waals surface area contributed by atoms with Crippen LogP contribution < -0.4 is 10.0 Å². The first-order valence-corrected chi connectivity index (χ1v) is 9.54. The van der Waals surface area contributed by atoms with E-state index in [0.29, 0.717) is 18.0 Å². The smallest absolute Gasteiger partial charge is 0.242 e. The molecule has 1 aromatic heterocycles. The summed E-state index contributed by atoms with van der Waals surface area (Å²) in [6.07, 6.45) is 2.99. The number of nitrogens with one attached hydrogen (secondary N) is 2. The van der Waals surface area contributed by atoms with E-state index in [9.17, 15) is 8.42 Å². The lowest BCUT2D eigenvalue weighted by Crippen LogP contribution is -2.26. The van der Waals surface area contributed by atoms with Crippen LogP contribution in [-0.4, -0.2) is 22.0 Å². The Morgan fingerprint density at radius 1 is 1.19 bits per heavy atom. The van der Waals surface area contributed by atoms with Crippen molar-refractivity contribution in [1.29, 1.82) is 0 Å². The van der Waals surface area contributed by atoms with Crippen molar-refractivity contribution in [3.05, 3.63) is 29.1 Å². The lowest BCUT2D eigenvalue weighted by Gasteiger charge is -2.08. The number of thiophene rings is 1. The van der Waals surface area contributed by atoms with Gasteiger partial charge in [-0.3, -0.25) is 0 Å². The van der Waals surface area contributed by atoms with Gasteiger partial charge < -0.3 is 5.32 Å². The van der Waals surface area contributed by atoms with Crippen molar-refractivity contribution in [2.24, 2.45) is 0 Å². The quantitative estimate of drug-likeness (QED) is 0.733. The van der Waals surface area contributed by atoms with Gasteiger partial charge in [0.25, 0.3) is 0 Å². The highest BCUT2D eigenvalue weighted by Crippen LogP contribution is 2.34. The van der Waals surface area contributed by atoms with Crippen LogP contribution in [0, 0.1) is 0 Å². The van der Waals surface area contributed by atoms with E-state index in [4.69, 9.17) is 0 Å². The van der Waals surface area contributed by atoms with Crippen LogP contribution in [0.4, 0.5) is 0 Å². The van der Waals surface area contributed by atoms with Gasteiger partial charge in [0.05, 0.1) is 0 Å². The first kappa shape index (κ1) is 16.4. The van der Waals surface area contributed by atoms with Crippen molar-refractivity contribution in [1.82, 2.24) is 10.0 Å². The first-order valence-electron chi connectivity index (χ1n) is 7.24. The molecule has 2 rings (SSSR count). The van der Waals surface area contributed by atoms with Crippen LogP contribution in [0.2, 0.25) is 0 Å². The number of hydrogen-bond donors (Lipinski definition) is 2. The second kappa shape index (κ2) is 7.35. The molecule has 0 bridgehead atoms. The summed E-state index contributed by atoms with van der Waals surface area (Å²) in [5.41, 5.74) is 0. The summed E-state index contributed by atoms with van der Waals surface area (Å²) >= 11 is 1.54. The Labute approximate surface area is 130 Å². The number of fused-ring (bicyclic) bond motifs is 1. The van der Waals surface area contributed by atoms with E-state index >= 15 is 0 Å². The van der Waals surface area contributed by atoms with Crippen LogP contribution in [0.25, 0.3) is 10.1 Å². The predicted molar refractivity (Wildman–Crippen MR) is 89.3 cm³/mol. The molecule has 6 heteroatoms. The largest absolute Gasteiger partial charge is 0.315 e. The maximum atomic E-state index is 12.6. The molecule has 21 heavy (non-hydrogen) atoms. The molecule has 1 heterocycles. The van der Waals surface area contributed by atoms with Gasteiger partial charge in [-0.1, -0.05) is 38.0 Å². The number of rotatable bonds is 8. The van der Waals surface area contributed by atoms with Gasteiger partial charge in [-0.2, -0.15) is 0 Å². The minimum atomic E-state index is -3.46. The monoisotopic (exact) mass is 326 g/mol. The number of benzene rings is 1. The van der Waals surface area contributed by atoms with E-state index < -0.39 is 10.0 Å². The predicted octanol–water partition coefficient (Wildman–Crippen LogP) is 3.09. The van der Waals surface area contributed by atoms with Crippen LogP contribution >= 0.6 is 11.3 Å². The Morgan fingerprint density at radius 2 is 1.95 bits per heavy atom. The molecule has 0 atom stereocenters. The van der Waals surface area contributed by atoms with Gasteiger partial charge in [0, 0.05) is 28.1 Å². The van der Waals surface area contributed by atoms with Crippen molar-refractivity contribution >= 4 is 31.4 Å². The average molecular weight is 326 g/mol. The Morgan fingerprint density at radius 3 is 2.67 bits per heavy atom. The summed E-state index contributed by atoms with van der Waals surface area (Å²) in [5.74, 6) is 0. The molecule has 0 saturated heterocycles. The van der Waals surface area contributed by atoms with E-state index in [1.54, 1.807) is 0 Å². The molecule has 2 aromatic rings. The second-order valence-corrected chi connectivity index (χ2v) is 7.83. The highest BCUT2D eigenvalue weighted by atomic mass is 32.2. The molecule has 0 spiro atoms. The molecule has 0 aliphatic rings. The van der Waals surface area contributed by atoms with Gasteiger partial charge in [-0.25, -0.2) is 13.1 Å². The fourth-order valence-corrected chi connectivity index (χ4v) is 5.32. The zero-order valence-electron chi connectivity index (χ0n) is 12.5. The van der Waals surface area contributed by atoms with Gasteiger partial charge in [-0.15, -0.1) is 11.3 Å². The molecular weight excluding hydrogens is 304 g/mol. The summed E-state index contributed by atoms with van der Waals surface area (Å²) in [6.45, 7) is 3.16. The third kappa shape index (κ3) is 3.83. The topological polar surface area (TPSA) is 58.2 Å². The van der Waals surface area contributed by atoms with Crippen molar-refractivity contribution in [3.63, 3.8) is 0 Å². The third-order valence-corrected chi connectivity index (χ3v) is 6.18. The zero-order valence-corrected chi connectivity index (χ0v) is 14.1. The summed E-state index contributed by atoms with van der Waals surface area (Å²) in [6, 6.07) is 7.67. The molecule has 2 N–H and O–H groups in total. The van der Waals surface area contributed by atoms with Crippen LogP contribution in [-0.2, 0) is 16.6 Å². The van der Waals surface area contributed by atoms with Crippen LogP contribution in [0.15, 0.2) is 29.2 Å². The van der Waals surface area contributed by atoms with Crippen LogP contribution in [0.3, 0.4) is 0 Å². The summed E-state index contributed by atoms with van der Waals surface area (Å²) in [4.78, 5) is 1.30. The van der Waals surface area contributed by atoms with Crippen molar-refractivity contribution in [2.75, 3.05) is 13.6 Å². The van der Waals surface area contributed by atoms with Gasteiger partial charge >= 0.3 is 0 Å². The van der Waals surface area contributed by atoms with Crippen molar-refractivity contribution < 1.29 is 8.42 Å². The maximum Gasteiger partial charge on any atom is 0.242 e. The van der Waals surface area contributed by atoms with E-state index in [1.165, 1.54) is 11.3 Å². The molecule has 0 aliphatic heterocycles. The molecule has 116 valence electrons. The Bertz CT molecular complexity index is 693.